The third kappa shape index (κ3) is 2.19. The van der Waals surface area contributed by atoms with Crippen LogP contribution in [0.5, 0.6) is 0 Å². The summed E-state index contributed by atoms with van der Waals surface area (Å²) in [5, 5.41) is 8.89. The van der Waals surface area contributed by atoms with Crippen LogP contribution in [0.25, 0.3) is 0 Å². The number of ketones is 2. The molecule has 16 heavy (non-hydrogen) atoms. The second-order valence-corrected chi connectivity index (χ2v) is 3.89. The molecule has 0 atom stereocenters. The van der Waals surface area contributed by atoms with Crippen LogP contribution < -0.4 is 0 Å². The SMILES string of the molecule is Cn1cc(C(=O)CC(=O)c2cscn2)nn1. The number of hydrogen-bond donors (Lipinski definition) is 0. The van der Waals surface area contributed by atoms with Crippen molar-refractivity contribution >= 4 is 22.9 Å². The van der Waals surface area contributed by atoms with Crippen LogP contribution in [0.1, 0.15) is 27.4 Å². The van der Waals surface area contributed by atoms with Crippen LogP contribution in [0, 0.1) is 0 Å². The second-order valence-electron chi connectivity index (χ2n) is 3.17. The smallest absolute Gasteiger partial charge is 0.192 e. The number of aryl methyl sites for hydroxylation is 1. The van der Waals surface area contributed by atoms with Crippen molar-refractivity contribution in [2.75, 3.05) is 0 Å². The molecule has 6 nitrogen and oxygen atoms in total. The lowest BCUT2D eigenvalue weighted by Crippen LogP contribution is -2.09. The number of carbonyl (C=O) groups is 2. The van der Waals surface area contributed by atoms with Crippen molar-refractivity contribution in [1.82, 2.24) is 20.0 Å². The molecule has 2 heterocycles. The molecule has 2 aromatic heterocycles. The number of carbonyl (C=O) groups excluding carboxylic acids is 2. The van der Waals surface area contributed by atoms with Gasteiger partial charge in [0.15, 0.2) is 11.6 Å². The van der Waals surface area contributed by atoms with E-state index in [4.69, 9.17) is 0 Å². The molecule has 7 heteroatoms. The molecule has 0 saturated heterocycles. The Morgan fingerprint density at radius 1 is 1.38 bits per heavy atom. The summed E-state index contributed by atoms with van der Waals surface area (Å²) in [6.07, 6.45) is 1.26. The Kier molecular flexibility index (Phi) is 2.86. The Bertz CT molecular complexity index is 517. The molecule has 0 radical (unpaired) electrons. The van der Waals surface area contributed by atoms with E-state index in [1.165, 1.54) is 22.2 Å². The summed E-state index contributed by atoms with van der Waals surface area (Å²) in [5.74, 6) is -0.636. The van der Waals surface area contributed by atoms with E-state index >= 15 is 0 Å². The molecule has 2 rings (SSSR count). The zero-order chi connectivity index (χ0) is 11.5. The lowest BCUT2D eigenvalue weighted by Gasteiger charge is -1.93. The molecule has 0 bridgehead atoms. The monoisotopic (exact) mass is 236 g/mol. The topological polar surface area (TPSA) is 77.7 Å². The van der Waals surface area contributed by atoms with E-state index in [0.29, 0.717) is 5.69 Å². The summed E-state index contributed by atoms with van der Waals surface area (Å²) >= 11 is 1.32. The molecule has 0 fully saturated rings. The first-order valence-corrected chi connectivity index (χ1v) is 5.42. The zero-order valence-corrected chi connectivity index (χ0v) is 9.27. The van der Waals surface area contributed by atoms with Crippen LogP contribution in [0.15, 0.2) is 17.1 Å². The Labute approximate surface area is 94.9 Å². The number of thiazole rings is 1. The van der Waals surface area contributed by atoms with Crippen LogP contribution in [-0.2, 0) is 7.05 Å². The average molecular weight is 236 g/mol. The number of nitrogens with zero attached hydrogens (tertiary/aromatic N) is 4. The molecule has 0 aliphatic rings. The van der Waals surface area contributed by atoms with Crippen molar-refractivity contribution in [3.8, 4) is 0 Å². The van der Waals surface area contributed by atoms with Gasteiger partial charge >= 0.3 is 0 Å². The summed E-state index contributed by atoms with van der Waals surface area (Å²) in [7, 11) is 1.66. The lowest BCUT2D eigenvalue weighted by atomic mass is 10.1. The lowest BCUT2D eigenvalue weighted by molar-refractivity contribution is 0.0889. The van der Waals surface area contributed by atoms with Crippen molar-refractivity contribution in [3.05, 3.63) is 28.5 Å². The third-order valence-electron chi connectivity index (χ3n) is 1.93. The highest BCUT2D eigenvalue weighted by Gasteiger charge is 2.17. The van der Waals surface area contributed by atoms with Crippen LogP contribution in [-0.4, -0.2) is 31.5 Å². The van der Waals surface area contributed by atoms with E-state index in [2.05, 4.69) is 15.3 Å². The first-order valence-electron chi connectivity index (χ1n) is 4.47. The van der Waals surface area contributed by atoms with E-state index in [-0.39, 0.29) is 23.7 Å². The van der Waals surface area contributed by atoms with Gasteiger partial charge in [0.05, 0.1) is 18.1 Å². The van der Waals surface area contributed by atoms with E-state index < -0.39 is 0 Å². The minimum atomic E-state index is -0.342. The van der Waals surface area contributed by atoms with Gasteiger partial charge in [0.2, 0.25) is 0 Å². The van der Waals surface area contributed by atoms with Gasteiger partial charge in [-0.2, -0.15) is 0 Å². The fourth-order valence-electron chi connectivity index (χ4n) is 1.15. The average Bonchev–Trinajstić information content (AvgIpc) is 2.87. The Hall–Kier alpha value is -1.89. The van der Waals surface area contributed by atoms with Gasteiger partial charge < -0.3 is 0 Å². The minimum Gasteiger partial charge on any atom is -0.292 e. The number of Topliss-reactive ketones (excluding diaryl/α,β-unsaturated/α-hetero) is 2. The van der Waals surface area contributed by atoms with Crippen LogP contribution in [0.2, 0.25) is 0 Å². The molecule has 0 saturated carbocycles. The fraction of sp³-hybridized carbons (Fsp3) is 0.222. The zero-order valence-electron chi connectivity index (χ0n) is 8.45. The molecule has 2 aromatic rings. The third-order valence-corrected chi connectivity index (χ3v) is 2.51. The van der Waals surface area contributed by atoms with Crippen molar-refractivity contribution in [1.29, 1.82) is 0 Å². The highest BCUT2D eigenvalue weighted by atomic mass is 32.1. The molecule has 0 amide bonds. The summed E-state index contributed by atoms with van der Waals surface area (Å²) in [6.45, 7) is 0. The van der Waals surface area contributed by atoms with Crippen molar-refractivity contribution in [2.45, 2.75) is 6.42 Å². The summed E-state index contributed by atoms with van der Waals surface area (Å²) < 4.78 is 1.42. The van der Waals surface area contributed by atoms with Crippen LogP contribution >= 0.6 is 11.3 Å². The molecule has 0 aliphatic carbocycles. The van der Waals surface area contributed by atoms with Gasteiger partial charge in [0.25, 0.3) is 0 Å². The highest BCUT2D eigenvalue weighted by molar-refractivity contribution is 7.07. The predicted molar refractivity (Wildman–Crippen MR) is 56.4 cm³/mol. The largest absolute Gasteiger partial charge is 0.292 e. The van der Waals surface area contributed by atoms with Gasteiger partial charge in [0, 0.05) is 12.4 Å². The predicted octanol–water partition coefficient (Wildman–Crippen LogP) is 0.727. The first-order chi connectivity index (χ1) is 7.66. The number of rotatable bonds is 4. The Balaban J connectivity index is 2.06. The van der Waals surface area contributed by atoms with Gasteiger partial charge in [-0.3, -0.25) is 14.3 Å². The van der Waals surface area contributed by atoms with Gasteiger partial charge in [-0.15, -0.1) is 16.4 Å². The van der Waals surface area contributed by atoms with Crippen LogP contribution in [0.4, 0.5) is 0 Å². The maximum Gasteiger partial charge on any atom is 0.192 e. The van der Waals surface area contributed by atoms with Gasteiger partial charge in [0.1, 0.15) is 11.4 Å². The maximum atomic E-state index is 11.6. The second kappa shape index (κ2) is 4.31. The minimum absolute atomic E-state index is 0.200. The maximum absolute atomic E-state index is 11.6. The van der Waals surface area contributed by atoms with E-state index in [9.17, 15) is 9.59 Å². The number of aromatic nitrogens is 4. The Morgan fingerprint density at radius 2 is 2.12 bits per heavy atom. The summed E-state index contributed by atoms with van der Waals surface area (Å²) in [4.78, 5) is 27.0. The van der Waals surface area contributed by atoms with Crippen LogP contribution in [0.3, 0.4) is 0 Å². The van der Waals surface area contributed by atoms with Crippen molar-refractivity contribution in [3.63, 3.8) is 0 Å². The molecule has 0 spiro atoms. The first kappa shape index (κ1) is 10.6. The fourth-order valence-corrected chi connectivity index (χ4v) is 1.71. The molecular weight excluding hydrogens is 228 g/mol. The van der Waals surface area contributed by atoms with E-state index in [1.54, 1.807) is 17.9 Å². The molecule has 0 N–H and O–H groups in total. The van der Waals surface area contributed by atoms with Gasteiger partial charge in [-0.1, -0.05) is 5.21 Å². The van der Waals surface area contributed by atoms with Crippen molar-refractivity contribution < 1.29 is 9.59 Å². The van der Waals surface area contributed by atoms with E-state index in [0.717, 1.165) is 0 Å². The number of hydrogen-bond acceptors (Lipinski definition) is 6. The highest BCUT2D eigenvalue weighted by Crippen LogP contribution is 2.07. The molecule has 0 unspecified atom stereocenters. The molecule has 0 aromatic carbocycles. The van der Waals surface area contributed by atoms with Gasteiger partial charge in [-0.25, -0.2) is 4.98 Å². The normalized spacial score (nSPS) is 10.3. The quantitative estimate of drug-likeness (QED) is 0.577. The molecule has 82 valence electrons. The van der Waals surface area contributed by atoms with E-state index in [1.807, 2.05) is 0 Å². The summed E-state index contributed by atoms with van der Waals surface area (Å²) in [5.41, 5.74) is 2.08. The standard InChI is InChI=1S/C9H8N4O2S/c1-13-3-6(11-12-13)8(14)2-9(15)7-4-16-5-10-7/h3-5H,2H2,1H3. The Morgan fingerprint density at radius 3 is 2.69 bits per heavy atom. The summed E-state index contributed by atoms with van der Waals surface area (Å²) in [6, 6.07) is 0. The molecule has 0 aliphatic heterocycles. The van der Waals surface area contributed by atoms with Crippen molar-refractivity contribution in [2.24, 2.45) is 7.05 Å². The van der Waals surface area contributed by atoms with Gasteiger partial charge in [-0.05, 0) is 0 Å². The molecular formula is C9H8N4O2S.